The van der Waals surface area contributed by atoms with Crippen LogP contribution in [0.25, 0.3) is 0 Å². The summed E-state index contributed by atoms with van der Waals surface area (Å²) >= 11 is 0. The van der Waals surface area contributed by atoms with Crippen molar-refractivity contribution in [3.8, 4) is 0 Å². The number of rotatable bonds is 3. The molecule has 0 aromatic carbocycles. The highest BCUT2D eigenvalue weighted by molar-refractivity contribution is 5.34. The maximum Gasteiger partial charge on any atom is 0.225 e. The van der Waals surface area contributed by atoms with Crippen molar-refractivity contribution in [3.63, 3.8) is 0 Å². The van der Waals surface area contributed by atoms with E-state index in [1.54, 1.807) is 0 Å². The van der Waals surface area contributed by atoms with Crippen LogP contribution in [0.5, 0.6) is 0 Å². The highest BCUT2D eigenvalue weighted by Crippen LogP contribution is 2.22. The van der Waals surface area contributed by atoms with Gasteiger partial charge in [0.25, 0.3) is 0 Å². The second-order valence-electron chi connectivity index (χ2n) is 5.23. The largest absolute Gasteiger partial charge is 0.340 e. The molecule has 4 heteroatoms. The molecule has 0 bridgehead atoms. The molecule has 17 heavy (non-hydrogen) atoms. The molecule has 1 aromatic heterocycles. The quantitative estimate of drug-likeness (QED) is 0.864. The van der Waals surface area contributed by atoms with Gasteiger partial charge in [0.15, 0.2) is 0 Å². The summed E-state index contributed by atoms with van der Waals surface area (Å²) < 4.78 is 0. The Labute approximate surface area is 103 Å². The molecule has 1 atom stereocenters. The molecule has 2 heterocycles. The van der Waals surface area contributed by atoms with Crippen LogP contribution in [0.1, 0.15) is 37.6 Å². The van der Waals surface area contributed by atoms with E-state index in [2.05, 4.69) is 34.8 Å². The van der Waals surface area contributed by atoms with Crippen LogP contribution in [0, 0.1) is 12.8 Å². The number of aromatic nitrogens is 2. The Bertz CT molecular complexity index is 389. The number of nitrogens with zero attached hydrogens (tertiary/aromatic N) is 3. The number of hydrogen-bond donors (Lipinski definition) is 1. The van der Waals surface area contributed by atoms with Gasteiger partial charge in [-0.3, -0.25) is 0 Å². The summed E-state index contributed by atoms with van der Waals surface area (Å²) in [6.07, 6.45) is 1.16. The lowest BCUT2D eigenvalue weighted by Gasteiger charge is -2.18. The van der Waals surface area contributed by atoms with Gasteiger partial charge in [-0.25, -0.2) is 9.97 Å². The number of anilines is 1. The summed E-state index contributed by atoms with van der Waals surface area (Å²) in [6.45, 7) is 9.16. The lowest BCUT2D eigenvalue weighted by molar-refractivity contribution is 0.601. The third kappa shape index (κ3) is 2.75. The molecule has 2 rings (SSSR count). The molecule has 1 unspecified atom stereocenters. The van der Waals surface area contributed by atoms with Gasteiger partial charge in [-0.2, -0.15) is 0 Å². The van der Waals surface area contributed by atoms with Crippen molar-refractivity contribution in [2.45, 2.75) is 33.1 Å². The maximum absolute atomic E-state index is 5.71. The molecule has 4 nitrogen and oxygen atoms in total. The number of aryl methyl sites for hydroxylation is 1. The van der Waals surface area contributed by atoms with Crippen LogP contribution >= 0.6 is 0 Å². The van der Waals surface area contributed by atoms with Crippen molar-refractivity contribution in [2.75, 3.05) is 24.5 Å². The Hall–Kier alpha value is -1.16. The van der Waals surface area contributed by atoms with E-state index in [0.717, 1.165) is 43.4 Å². The van der Waals surface area contributed by atoms with Crippen molar-refractivity contribution in [1.29, 1.82) is 0 Å². The fourth-order valence-electron chi connectivity index (χ4n) is 2.22. The molecule has 94 valence electrons. The van der Waals surface area contributed by atoms with E-state index in [4.69, 9.17) is 5.73 Å². The first kappa shape index (κ1) is 12.3. The minimum Gasteiger partial charge on any atom is -0.340 e. The summed E-state index contributed by atoms with van der Waals surface area (Å²) in [4.78, 5) is 11.5. The molecule has 1 fully saturated rings. The maximum atomic E-state index is 5.71. The van der Waals surface area contributed by atoms with Crippen LogP contribution in [-0.2, 0) is 0 Å². The van der Waals surface area contributed by atoms with Gasteiger partial charge in [-0.15, -0.1) is 0 Å². The molecule has 2 N–H and O–H groups in total. The second kappa shape index (κ2) is 5.00. The van der Waals surface area contributed by atoms with Crippen LogP contribution in [0.4, 0.5) is 5.95 Å². The molecule has 1 saturated heterocycles. The molecule has 1 aromatic rings. The van der Waals surface area contributed by atoms with Crippen molar-refractivity contribution in [3.05, 3.63) is 17.5 Å². The zero-order valence-electron chi connectivity index (χ0n) is 11.0. The van der Waals surface area contributed by atoms with E-state index in [1.165, 1.54) is 0 Å². The summed E-state index contributed by atoms with van der Waals surface area (Å²) in [5.41, 5.74) is 7.89. The minimum atomic E-state index is 0.448. The predicted molar refractivity (Wildman–Crippen MR) is 70.2 cm³/mol. The summed E-state index contributed by atoms with van der Waals surface area (Å²) in [6, 6.07) is 2.07. The standard InChI is InChI=1S/C13H22N4/c1-9(2)12-6-10(3)15-13(16-12)17-5-4-11(7-14)8-17/h6,9,11H,4-5,7-8,14H2,1-3H3. The van der Waals surface area contributed by atoms with Gasteiger partial charge in [0.1, 0.15) is 0 Å². The molecule has 1 aliphatic rings. The molecule has 0 radical (unpaired) electrons. The van der Waals surface area contributed by atoms with E-state index >= 15 is 0 Å². The molecular formula is C13H22N4. The lowest BCUT2D eigenvalue weighted by Crippen LogP contribution is -2.25. The zero-order chi connectivity index (χ0) is 12.4. The summed E-state index contributed by atoms with van der Waals surface area (Å²) in [5, 5.41) is 0. The zero-order valence-corrected chi connectivity index (χ0v) is 11.0. The average molecular weight is 234 g/mol. The topological polar surface area (TPSA) is 55.0 Å². The van der Waals surface area contributed by atoms with E-state index in [0.29, 0.717) is 11.8 Å². The Morgan fingerprint density at radius 2 is 2.24 bits per heavy atom. The second-order valence-corrected chi connectivity index (χ2v) is 5.23. The van der Waals surface area contributed by atoms with Gasteiger partial charge in [-0.05, 0) is 37.8 Å². The first-order valence-electron chi connectivity index (χ1n) is 6.40. The average Bonchev–Trinajstić information content (AvgIpc) is 2.76. The Kier molecular flexibility index (Phi) is 3.62. The van der Waals surface area contributed by atoms with Gasteiger partial charge in [-0.1, -0.05) is 13.8 Å². The smallest absolute Gasteiger partial charge is 0.225 e. The first-order chi connectivity index (χ1) is 8.10. The first-order valence-corrected chi connectivity index (χ1v) is 6.40. The molecule has 1 aliphatic heterocycles. The molecular weight excluding hydrogens is 212 g/mol. The normalized spacial score (nSPS) is 20.3. The van der Waals surface area contributed by atoms with Gasteiger partial charge >= 0.3 is 0 Å². The Balaban J connectivity index is 2.21. The third-order valence-electron chi connectivity index (χ3n) is 3.36. The van der Waals surface area contributed by atoms with Gasteiger partial charge in [0, 0.05) is 24.5 Å². The molecule has 0 amide bonds. The van der Waals surface area contributed by atoms with Gasteiger partial charge in [0.2, 0.25) is 5.95 Å². The minimum absolute atomic E-state index is 0.448. The molecule has 0 aliphatic carbocycles. The highest BCUT2D eigenvalue weighted by atomic mass is 15.3. The van der Waals surface area contributed by atoms with E-state index in [1.807, 2.05) is 6.92 Å². The molecule has 0 spiro atoms. The van der Waals surface area contributed by atoms with Gasteiger partial charge in [0.05, 0.1) is 0 Å². The Morgan fingerprint density at radius 1 is 1.47 bits per heavy atom. The van der Waals surface area contributed by atoms with Crippen molar-refractivity contribution < 1.29 is 0 Å². The molecule has 0 saturated carbocycles. The van der Waals surface area contributed by atoms with Crippen LogP contribution < -0.4 is 10.6 Å². The fraction of sp³-hybridized carbons (Fsp3) is 0.692. The van der Waals surface area contributed by atoms with E-state index in [-0.39, 0.29) is 0 Å². The van der Waals surface area contributed by atoms with Crippen LogP contribution in [-0.4, -0.2) is 29.6 Å². The van der Waals surface area contributed by atoms with E-state index < -0.39 is 0 Å². The number of nitrogens with two attached hydrogens (primary N) is 1. The van der Waals surface area contributed by atoms with Gasteiger partial charge < -0.3 is 10.6 Å². The summed E-state index contributed by atoms with van der Waals surface area (Å²) in [7, 11) is 0. The lowest BCUT2D eigenvalue weighted by atomic mass is 10.1. The predicted octanol–water partition coefficient (Wildman–Crippen LogP) is 1.69. The highest BCUT2D eigenvalue weighted by Gasteiger charge is 2.23. The van der Waals surface area contributed by atoms with Crippen molar-refractivity contribution in [1.82, 2.24) is 9.97 Å². The van der Waals surface area contributed by atoms with Crippen LogP contribution in [0.3, 0.4) is 0 Å². The van der Waals surface area contributed by atoms with Crippen molar-refractivity contribution in [2.24, 2.45) is 11.7 Å². The third-order valence-corrected chi connectivity index (χ3v) is 3.36. The Morgan fingerprint density at radius 3 is 2.82 bits per heavy atom. The van der Waals surface area contributed by atoms with Crippen molar-refractivity contribution >= 4 is 5.95 Å². The van der Waals surface area contributed by atoms with E-state index in [9.17, 15) is 0 Å². The number of hydrogen-bond acceptors (Lipinski definition) is 4. The fourth-order valence-corrected chi connectivity index (χ4v) is 2.22. The summed E-state index contributed by atoms with van der Waals surface area (Å²) in [5.74, 6) is 1.93. The SMILES string of the molecule is Cc1cc(C(C)C)nc(N2CCC(CN)C2)n1. The van der Waals surface area contributed by atoms with Crippen LogP contribution in [0.2, 0.25) is 0 Å². The monoisotopic (exact) mass is 234 g/mol. The van der Waals surface area contributed by atoms with Crippen LogP contribution in [0.15, 0.2) is 6.07 Å².